The van der Waals surface area contributed by atoms with Gasteiger partial charge in [-0.05, 0) is 67.6 Å². The van der Waals surface area contributed by atoms with Crippen molar-refractivity contribution in [2.75, 3.05) is 6.54 Å². The Morgan fingerprint density at radius 2 is 1.90 bits per heavy atom. The minimum atomic E-state index is -0.272. The molecule has 0 aliphatic heterocycles. The number of halogens is 1. The molecule has 0 aliphatic rings. The zero-order chi connectivity index (χ0) is 21.1. The van der Waals surface area contributed by atoms with E-state index in [1.807, 2.05) is 41.5 Å². The number of aromatic nitrogens is 2. The Kier molecular flexibility index (Phi) is 6.36. The summed E-state index contributed by atoms with van der Waals surface area (Å²) in [6.45, 7) is 12.1. The number of carbonyl (C=O) groups is 1. The van der Waals surface area contributed by atoms with Gasteiger partial charge in [0.2, 0.25) is 0 Å². The van der Waals surface area contributed by atoms with Crippen LogP contribution in [-0.2, 0) is 13.1 Å². The number of carbonyl (C=O) groups excluding carboxylic acids is 1. The maximum atomic E-state index is 13.8. The van der Waals surface area contributed by atoms with E-state index >= 15 is 0 Å². The van der Waals surface area contributed by atoms with Crippen LogP contribution in [-0.4, -0.2) is 26.9 Å². The molecule has 154 valence electrons. The quantitative estimate of drug-likeness (QED) is 0.530. The van der Waals surface area contributed by atoms with Crippen molar-refractivity contribution in [1.82, 2.24) is 14.5 Å². The molecule has 3 aromatic rings. The molecule has 0 bridgehead atoms. The van der Waals surface area contributed by atoms with Crippen LogP contribution in [0.2, 0.25) is 0 Å². The van der Waals surface area contributed by atoms with E-state index in [0.717, 1.165) is 35.4 Å². The van der Waals surface area contributed by atoms with Crippen LogP contribution in [0.4, 0.5) is 4.39 Å². The van der Waals surface area contributed by atoms with E-state index in [4.69, 9.17) is 4.98 Å². The summed E-state index contributed by atoms with van der Waals surface area (Å²) < 4.78 is 15.9. The van der Waals surface area contributed by atoms with Crippen LogP contribution in [0.25, 0.3) is 11.0 Å². The molecule has 0 saturated heterocycles. The number of amides is 1. The molecule has 0 N–H and O–H groups in total. The van der Waals surface area contributed by atoms with Gasteiger partial charge in [-0.3, -0.25) is 4.79 Å². The minimum Gasteiger partial charge on any atom is -0.331 e. The summed E-state index contributed by atoms with van der Waals surface area (Å²) in [5.74, 6) is 0.854. The zero-order valence-corrected chi connectivity index (χ0v) is 18.0. The minimum absolute atomic E-state index is 0.00286. The highest BCUT2D eigenvalue weighted by Crippen LogP contribution is 2.21. The molecule has 2 aromatic carbocycles. The van der Waals surface area contributed by atoms with Crippen molar-refractivity contribution in [2.24, 2.45) is 5.92 Å². The highest BCUT2D eigenvalue weighted by atomic mass is 19.1. The van der Waals surface area contributed by atoms with E-state index in [9.17, 15) is 9.18 Å². The third-order valence-electron chi connectivity index (χ3n) is 5.20. The molecule has 0 fully saturated rings. The molecule has 1 heterocycles. The van der Waals surface area contributed by atoms with Gasteiger partial charge >= 0.3 is 0 Å². The highest BCUT2D eigenvalue weighted by molar-refractivity contribution is 5.94. The average molecular weight is 396 g/mol. The maximum Gasteiger partial charge on any atom is 0.254 e. The Bertz CT molecular complexity index is 1020. The van der Waals surface area contributed by atoms with E-state index in [0.29, 0.717) is 24.6 Å². The summed E-state index contributed by atoms with van der Waals surface area (Å²) in [7, 11) is 0. The lowest BCUT2D eigenvalue weighted by Crippen LogP contribution is -2.34. The van der Waals surface area contributed by atoms with Crippen molar-refractivity contribution in [3.63, 3.8) is 0 Å². The molecule has 0 atom stereocenters. The van der Waals surface area contributed by atoms with E-state index in [1.54, 1.807) is 6.07 Å². The van der Waals surface area contributed by atoms with Crippen LogP contribution in [0.15, 0.2) is 36.4 Å². The number of rotatable bonds is 7. The predicted molar refractivity (Wildman–Crippen MR) is 115 cm³/mol. The SMILES string of the molecule is CCCn1c(CN(CC(C)C)C(=O)c2ccc(C)c(C)c2)nc2ccc(F)cc21. The molecule has 1 amide bonds. The topological polar surface area (TPSA) is 38.1 Å². The van der Waals surface area contributed by atoms with Gasteiger partial charge in [0.25, 0.3) is 5.91 Å². The summed E-state index contributed by atoms with van der Waals surface area (Å²) >= 11 is 0. The molecule has 1 aromatic heterocycles. The fourth-order valence-electron chi connectivity index (χ4n) is 3.63. The van der Waals surface area contributed by atoms with Gasteiger partial charge in [-0.2, -0.15) is 0 Å². The second-order valence-electron chi connectivity index (χ2n) is 8.19. The summed E-state index contributed by atoms with van der Waals surface area (Å²) in [6, 6.07) is 10.5. The molecular weight excluding hydrogens is 365 g/mol. The fraction of sp³-hybridized carbons (Fsp3) is 0.417. The monoisotopic (exact) mass is 395 g/mol. The molecular formula is C24H30FN3O. The Hall–Kier alpha value is -2.69. The number of hydrogen-bond donors (Lipinski definition) is 0. The van der Waals surface area contributed by atoms with Crippen molar-refractivity contribution in [3.05, 3.63) is 64.7 Å². The normalized spacial score (nSPS) is 11.4. The maximum absolute atomic E-state index is 13.8. The number of hydrogen-bond acceptors (Lipinski definition) is 2. The van der Waals surface area contributed by atoms with Gasteiger partial charge in [0.15, 0.2) is 0 Å². The van der Waals surface area contributed by atoms with Gasteiger partial charge in [-0.25, -0.2) is 9.37 Å². The first-order valence-corrected chi connectivity index (χ1v) is 10.3. The molecule has 0 radical (unpaired) electrons. The van der Waals surface area contributed by atoms with Crippen molar-refractivity contribution in [3.8, 4) is 0 Å². The number of fused-ring (bicyclic) bond motifs is 1. The fourth-order valence-corrected chi connectivity index (χ4v) is 3.63. The first kappa shape index (κ1) is 21.0. The lowest BCUT2D eigenvalue weighted by Gasteiger charge is -2.25. The van der Waals surface area contributed by atoms with Crippen molar-refractivity contribution in [2.45, 2.75) is 54.1 Å². The summed E-state index contributed by atoms with van der Waals surface area (Å²) in [4.78, 5) is 19.9. The number of imidazole rings is 1. The number of aryl methyl sites for hydroxylation is 3. The Morgan fingerprint density at radius 1 is 1.14 bits per heavy atom. The van der Waals surface area contributed by atoms with E-state index < -0.39 is 0 Å². The Labute approximate surface area is 172 Å². The van der Waals surface area contributed by atoms with Gasteiger partial charge in [-0.1, -0.05) is 26.8 Å². The largest absolute Gasteiger partial charge is 0.331 e. The Morgan fingerprint density at radius 3 is 2.55 bits per heavy atom. The van der Waals surface area contributed by atoms with Gasteiger partial charge in [0.05, 0.1) is 17.6 Å². The van der Waals surface area contributed by atoms with Crippen molar-refractivity contribution < 1.29 is 9.18 Å². The second kappa shape index (κ2) is 8.76. The molecule has 0 saturated carbocycles. The zero-order valence-electron chi connectivity index (χ0n) is 18.0. The van der Waals surface area contributed by atoms with Crippen molar-refractivity contribution >= 4 is 16.9 Å². The molecule has 0 spiro atoms. The molecule has 5 heteroatoms. The van der Waals surface area contributed by atoms with Crippen LogP contribution in [0.1, 0.15) is 54.5 Å². The van der Waals surface area contributed by atoms with E-state index in [2.05, 4.69) is 20.8 Å². The third-order valence-corrected chi connectivity index (χ3v) is 5.20. The van der Waals surface area contributed by atoms with Crippen LogP contribution in [0.3, 0.4) is 0 Å². The third kappa shape index (κ3) is 4.66. The average Bonchev–Trinajstić information content (AvgIpc) is 2.99. The lowest BCUT2D eigenvalue weighted by molar-refractivity contribution is 0.0716. The standard InChI is InChI=1S/C24H30FN3O/c1-6-11-28-22-13-20(25)9-10-21(22)26-23(28)15-27(14-16(2)3)24(29)19-8-7-17(4)18(5)12-19/h7-10,12-13,16H,6,11,14-15H2,1-5H3. The number of nitrogens with zero attached hydrogens (tertiary/aromatic N) is 3. The molecule has 4 nitrogen and oxygen atoms in total. The predicted octanol–water partition coefficient (Wildman–Crippen LogP) is 5.50. The first-order chi connectivity index (χ1) is 13.8. The number of benzene rings is 2. The molecule has 29 heavy (non-hydrogen) atoms. The lowest BCUT2D eigenvalue weighted by atomic mass is 10.0. The van der Waals surface area contributed by atoms with Crippen LogP contribution < -0.4 is 0 Å². The molecule has 0 unspecified atom stereocenters. The Balaban J connectivity index is 1.99. The summed E-state index contributed by atoms with van der Waals surface area (Å²) in [5, 5.41) is 0. The van der Waals surface area contributed by atoms with E-state index in [-0.39, 0.29) is 11.7 Å². The van der Waals surface area contributed by atoms with E-state index in [1.165, 1.54) is 17.7 Å². The smallest absolute Gasteiger partial charge is 0.254 e. The van der Waals surface area contributed by atoms with Gasteiger partial charge in [-0.15, -0.1) is 0 Å². The molecule has 0 aliphatic carbocycles. The van der Waals surface area contributed by atoms with Crippen LogP contribution >= 0.6 is 0 Å². The van der Waals surface area contributed by atoms with Crippen molar-refractivity contribution in [1.29, 1.82) is 0 Å². The summed E-state index contributed by atoms with van der Waals surface area (Å²) in [5.41, 5.74) is 4.51. The van der Waals surface area contributed by atoms with Gasteiger partial charge in [0.1, 0.15) is 11.6 Å². The summed E-state index contributed by atoms with van der Waals surface area (Å²) in [6.07, 6.45) is 0.907. The highest BCUT2D eigenvalue weighted by Gasteiger charge is 2.21. The van der Waals surface area contributed by atoms with Crippen LogP contribution in [0.5, 0.6) is 0 Å². The molecule has 3 rings (SSSR count). The first-order valence-electron chi connectivity index (χ1n) is 10.3. The van der Waals surface area contributed by atoms with Gasteiger partial charge in [0, 0.05) is 18.7 Å². The van der Waals surface area contributed by atoms with Crippen LogP contribution in [0, 0.1) is 25.6 Å². The van der Waals surface area contributed by atoms with Gasteiger partial charge < -0.3 is 9.47 Å². The second-order valence-corrected chi connectivity index (χ2v) is 8.19.